The number of aryl methyl sites for hydroxylation is 1. The second kappa shape index (κ2) is 10.4. The maximum atomic E-state index is 12.5. The van der Waals surface area contributed by atoms with Crippen molar-refractivity contribution in [1.82, 2.24) is 4.98 Å². The van der Waals surface area contributed by atoms with Crippen molar-refractivity contribution in [3.8, 4) is 0 Å². The molecule has 0 radical (unpaired) electrons. The minimum absolute atomic E-state index is 0.199. The summed E-state index contributed by atoms with van der Waals surface area (Å²) in [5.74, 6) is -0.199. The standard InChI is InChI=1S/C26H30N2O/c1-7-9-19(5)24(18(3)4)16-20(6)22-10-12-23(13-11-22)28-26(29)25-17-21(8-2)14-15-27-25/h7,9-17H,3,8H2,1-2,4-6H3,(H,28,29)/b9-7-,20-16+,24-19-. The van der Waals surface area contributed by atoms with Gasteiger partial charge in [-0.2, -0.15) is 0 Å². The molecule has 1 aromatic heterocycles. The second-order valence-electron chi connectivity index (χ2n) is 7.14. The molecule has 1 heterocycles. The van der Waals surface area contributed by atoms with Crippen LogP contribution in [0.15, 0.2) is 84.1 Å². The first-order valence-electron chi connectivity index (χ1n) is 9.90. The number of nitrogens with one attached hydrogen (secondary N) is 1. The van der Waals surface area contributed by atoms with Gasteiger partial charge in [0.05, 0.1) is 0 Å². The number of hydrogen-bond donors (Lipinski definition) is 1. The largest absolute Gasteiger partial charge is 0.321 e. The van der Waals surface area contributed by atoms with Gasteiger partial charge in [-0.3, -0.25) is 9.78 Å². The molecule has 0 aliphatic carbocycles. The molecule has 0 aliphatic rings. The number of hydrogen-bond acceptors (Lipinski definition) is 2. The van der Waals surface area contributed by atoms with Crippen molar-refractivity contribution in [2.45, 2.75) is 41.0 Å². The highest BCUT2D eigenvalue weighted by atomic mass is 16.1. The maximum Gasteiger partial charge on any atom is 0.274 e. The number of benzene rings is 1. The molecule has 150 valence electrons. The summed E-state index contributed by atoms with van der Waals surface area (Å²) in [6.07, 6.45) is 8.83. The Morgan fingerprint density at radius 3 is 2.41 bits per heavy atom. The topological polar surface area (TPSA) is 42.0 Å². The molecule has 0 aliphatic heterocycles. The van der Waals surface area contributed by atoms with E-state index in [4.69, 9.17) is 0 Å². The van der Waals surface area contributed by atoms with Gasteiger partial charge in [-0.15, -0.1) is 0 Å². The van der Waals surface area contributed by atoms with Crippen molar-refractivity contribution >= 4 is 17.2 Å². The highest BCUT2D eigenvalue weighted by Crippen LogP contribution is 2.23. The third-order valence-corrected chi connectivity index (χ3v) is 4.73. The summed E-state index contributed by atoms with van der Waals surface area (Å²) in [6, 6.07) is 11.6. The number of anilines is 1. The van der Waals surface area contributed by atoms with Crippen molar-refractivity contribution < 1.29 is 4.79 Å². The lowest BCUT2D eigenvalue weighted by Crippen LogP contribution is -2.13. The van der Waals surface area contributed by atoms with Crippen LogP contribution >= 0.6 is 0 Å². The van der Waals surface area contributed by atoms with Crippen molar-refractivity contribution in [3.05, 3.63) is 101 Å². The zero-order valence-electron chi connectivity index (χ0n) is 18.0. The van der Waals surface area contributed by atoms with Crippen LogP contribution in [0.3, 0.4) is 0 Å². The molecule has 1 amide bonds. The molecule has 3 nitrogen and oxygen atoms in total. The number of amides is 1. The third kappa shape index (κ3) is 6.15. The highest BCUT2D eigenvalue weighted by molar-refractivity contribution is 6.03. The van der Waals surface area contributed by atoms with Crippen LogP contribution in [0, 0.1) is 0 Å². The lowest BCUT2D eigenvalue weighted by molar-refractivity contribution is 0.102. The molecular weight excluding hydrogens is 356 g/mol. The van der Waals surface area contributed by atoms with Gasteiger partial charge in [0.15, 0.2) is 0 Å². The Hall–Kier alpha value is -3.20. The molecule has 0 unspecified atom stereocenters. The Labute approximate surface area is 174 Å². The summed E-state index contributed by atoms with van der Waals surface area (Å²) in [5, 5.41) is 2.92. The summed E-state index contributed by atoms with van der Waals surface area (Å²) >= 11 is 0. The maximum absolute atomic E-state index is 12.5. The average Bonchev–Trinajstić information content (AvgIpc) is 2.72. The molecule has 0 spiro atoms. The zero-order valence-corrected chi connectivity index (χ0v) is 18.0. The molecule has 1 N–H and O–H groups in total. The monoisotopic (exact) mass is 386 g/mol. The van der Waals surface area contributed by atoms with E-state index in [2.05, 4.69) is 49.8 Å². The Bertz CT molecular complexity index is 976. The first kappa shape index (κ1) is 22.1. The summed E-state index contributed by atoms with van der Waals surface area (Å²) in [4.78, 5) is 16.6. The Morgan fingerprint density at radius 2 is 1.83 bits per heavy atom. The zero-order chi connectivity index (χ0) is 21.4. The first-order chi connectivity index (χ1) is 13.8. The third-order valence-electron chi connectivity index (χ3n) is 4.73. The molecule has 0 atom stereocenters. The molecule has 2 aromatic rings. The number of rotatable bonds is 7. The van der Waals surface area contributed by atoms with Crippen LogP contribution in [0.25, 0.3) is 5.57 Å². The van der Waals surface area contributed by atoms with E-state index in [0.717, 1.165) is 40.0 Å². The number of carbonyl (C=O) groups excluding carboxylic acids is 1. The molecule has 1 aromatic carbocycles. The molecular formula is C26H30N2O. The summed E-state index contributed by atoms with van der Waals surface area (Å²) in [7, 11) is 0. The molecule has 2 rings (SSSR count). The number of aromatic nitrogens is 1. The van der Waals surface area contributed by atoms with Gasteiger partial charge in [-0.1, -0.05) is 49.4 Å². The fraction of sp³-hybridized carbons (Fsp3) is 0.231. The van der Waals surface area contributed by atoms with Gasteiger partial charge in [0.2, 0.25) is 0 Å². The summed E-state index contributed by atoms with van der Waals surface area (Å²) < 4.78 is 0. The van der Waals surface area contributed by atoms with Crippen molar-refractivity contribution in [2.75, 3.05) is 5.32 Å². The molecule has 3 heteroatoms. The second-order valence-corrected chi connectivity index (χ2v) is 7.14. The smallest absolute Gasteiger partial charge is 0.274 e. The highest BCUT2D eigenvalue weighted by Gasteiger charge is 2.08. The molecule has 0 bridgehead atoms. The van der Waals surface area contributed by atoms with E-state index in [-0.39, 0.29) is 5.91 Å². The minimum atomic E-state index is -0.199. The Balaban J connectivity index is 2.19. The van der Waals surface area contributed by atoms with Gasteiger partial charge in [0.1, 0.15) is 5.69 Å². The summed E-state index contributed by atoms with van der Waals surface area (Å²) in [6.45, 7) is 14.4. The van der Waals surface area contributed by atoms with Crippen LogP contribution in [0.1, 0.15) is 56.2 Å². The van der Waals surface area contributed by atoms with Gasteiger partial charge in [-0.05, 0) is 86.2 Å². The van der Waals surface area contributed by atoms with E-state index in [1.165, 1.54) is 5.57 Å². The van der Waals surface area contributed by atoms with Gasteiger partial charge in [0, 0.05) is 11.9 Å². The van der Waals surface area contributed by atoms with Gasteiger partial charge < -0.3 is 5.32 Å². The average molecular weight is 387 g/mol. The predicted molar refractivity (Wildman–Crippen MR) is 124 cm³/mol. The van der Waals surface area contributed by atoms with Crippen molar-refractivity contribution in [1.29, 1.82) is 0 Å². The Kier molecular flexibility index (Phi) is 7.90. The normalized spacial score (nSPS) is 12.7. The lowest BCUT2D eigenvalue weighted by atomic mass is 9.97. The van der Waals surface area contributed by atoms with Crippen LogP contribution in [-0.2, 0) is 6.42 Å². The number of allylic oxidation sites excluding steroid dienone is 7. The van der Waals surface area contributed by atoms with Gasteiger partial charge >= 0.3 is 0 Å². The van der Waals surface area contributed by atoms with Crippen LogP contribution in [-0.4, -0.2) is 10.9 Å². The van der Waals surface area contributed by atoms with Crippen molar-refractivity contribution in [2.24, 2.45) is 0 Å². The van der Waals surface area contributed by atoms with E-state index in [1.54, 1.807) is 6.20 Å². The van der Waals surface area contributed by atoms with Gasteiger partial charge in [0.25, 0.3) is 5.91 Å². The fourth-order valence-electron chi connectivity index (χ4n) is 3.04. The number of nitrogens with zero attached hydrogens (tertiary/aromatic N) is 1. The number of carbonyl (C=O) groups is 1. The lowest BCUT2D eigenvalue weighted by Gasteiger charge is -2.10. The fourth-order valence-corrected chi connectivity index (χ4v) is 3.04. The molecule has 0 saturated carbocycles. The Morgan fingerprint density at radius 1 is 1.14 bits per heavy atom. The summed E-state index contributed by atoms with van der Waals surface area (Å²) in [5.41, 5.74) is 7.87. The van der Waals surface area contributed by atoms with E-state index in [9.17, 15) is 4.79 Å². The quantitative estimate of drug-likeness (QED) is 0.534. The number of pyridine rings is 1. The van der Waals surface area contributed by atoms with E-state index < -0.39 is 0 Å². The van der Waals surface area contributed by atoms with Crippen LogP contribution in [0.4, 0.5) is 5.69 Å². The first-order valence-corrected chi connectivity index (χ1v) is 9.90. The predicted octanol–water partition coefficient (Wildman–Crippen LogP) is 6.77. The van der Waals surface area contributed by atoms with E-state index >= 15 is 0 Å². The van der Waals surface area contributed by atoms with Crippen LogP contribution < -0.4 is 5.32 Å². The van der Waals surface area contributed by atoms with Crippen LogP contribution in [0.5, 0.6) is 0 Å². The van der Waals surface area contributed by atoms with Crippen LogP contribution in [0.2, 0.25) is 0 Å². The molecule has 0 saturated heterocycles. The SMILES string of the molecule is C=C(C)C(/C=C(\C)c1ccc(NC(=O)c2cc(CC)ccn2)cc1)=C(C)\C=C/C. The van der Waals surface area contributed by atoms with E-state index in [0.29, 0.717) is 5.69 Å². The molecule has 29 heavy (non-hydrogen) atoms. The van der Waals surface area contributed by atoms with Crippen molar-refractivity contribution in [3.63, 3.8) is 0 Å². The minimum Gasteiger partial charge on any atom is -0.321 e. The molecule has 0 fully saturated rings. The van der Waals surface area contributed by atoms with E-state index in [1.807, 2.05) is 56.3 Å². The van der Waals surface area contributed by atoms with Gasteiger partial charge in [-0.25, -0.2) is 0 Å².